The lowest BCUT2D eigenvalue weighted by Gasteiger charge is -2.33. The van der Waals surface area contributed by atoms with Crippen molar-refractivity contribution in [1.82, 2.24) is 25.8 Å². The number of nitrogens with two attached hydrogens (primary N) is 2. The zero-order chi connectivity index (χ0) is 38.0. The van der Waals surface area contributed by atoms with Crippen LogP contribution < -0.4 is 26.8 Å². The summed E-state index contributed by atoms with van der Waals surface area (Å²) in [6.45, 7) is 8.86. The number of primary sulfonamides is 1. The molecule has 8 N–H and O–H groups in total. The molecular formula is C36H50N8O7S. The fourth-order valence-electron chi connectivity index (χ4n) is 6.18. The number of carbonyl (C=O) groups excluding carboxylic acids is 4. The normalized spacial score (nSPS) is 17.5. The van der Waals surface area contributed by atoms with Crippen LogP contribution in [0.25, 0.3) is 10.9 Å². The fourth-order valence-corrected chi connectivity index (χ4v) is 6.70. The Morgan fingerprint density at radius 2 is 1.75 bits per heavy atom. The third-order valence-corrected chi connectivity index (χ3v) is 10.4. The maximum atomic E-state index is 14.0. The van der Waals surface area contributed by atoms with E-state index in [1.54, 1.807) is 6.20 Å². The number of sulfonamides is 1. The van der Waals surface area contributed by atoms with E-state index in [0.29, 0.717) is 31.5 Å². The molecule has 1 aliphatic heterocycles. The van der Waals surface area contributed by atoms with Crippen LogP contribution in [0.1, 0.15) is 58.1 Å². The number of amides is 4. The lowest BCUT2D eigenvalue weighted by molar-refractivity contribution is -0.132. The van der Waals surface area contributed by atoms with Crippen LogP contribution >= 0.6 is 0 Å². The highest BCUT2D eigenvalue weighted by molar-refractivity contribution is 7.89. The van der Waals surface area contributed by atoms with Crippen molar-refractivity contribution in [2.45, 2.75) is 89.0 Å². The molecule has 0 saturated carbocycles. The SMILES string of the molecule is CCC(C)[C@H](NC(=O)C(Cc1c[nH]c2ccccc12)NC(=O)/C=N/OCc1ccc(S(N)(=O)=O)cc1)C(=O)N[C@H](CN1CCC[C@H]1C(N)=O)C(C)C. The number of primary amides is 1. The molecule has 2 unspecified atom stereocenters. The first kappa shape index (κ1) is 40.0. The summed E-state index contributed by atoms with van der Waals surface area (Å²) < 4.78 is 23.0. The molecule has 1 saturated heterocycles. The van der Waals surface area contributed by atoms with Crippen LogP contribution in [0.4, 0.5) is 0 Å². The van der Waals surface area contributed by atoms with E-state index in [4.69, 9.17) is 15.7 Å². The van der Waals surface area contributed by atoms with E-state index in [0.717, 1.165) is 29.1 Å². The minimum atomic E-state index is -3.84. The molecule has 4 amide bonds. The molecule has 1 aromatic heterocycles. The second-order valence-corrected chi connectivity index (χ2v) is 15.2. The number of oxime groups is 1. The summed E-state index contributed by atoms with van der Waals surface area (Å²) in [6, 6.07) is 10.6. The number of fused-ring (bicyclic) bond motifs is 1. The van der Waals surface area contributed by atoms with Crippen LogP contribution in [0.2, 0.25) is 0 Å². The molecule has 1 aliphatic rings. The van der Waals surface area contributed by atoms with Crippen LogP contribution in [-0.4, -0.2) is 85.4 Å². The van der Waals surface area contributed by atoms with Crippen LogP contribution in [0.15, 0.2) is 64.8 Å². The van der Waals surface area contributed by atoms with E-state index in [1.807, 2.05) is 56.9 Å². The van der Waals surface area contributed by atoms with Crippen molar-refractivity contribution in [3.05, 3.63) is 65.9 Å². The number of hydrogen-bond acceptors (Lipinski definition) is 9. The highest BCUT2D eigenvalue weighted by atomic mass is 32.2. The molecule has 15 nitrogen and oxygen atoms in total. The first-order valence-electron chi connectivity index (χ1n) is 17.4. The predicted molar refractivity (Wildman–Crippen MR) is 197 cm³/mol. The number of carbonyl (C=O) groups is 4. The first-order valence-corrected chi connectivity index (χ1v) is 19.0. The standard InChI is InChI=1S/C36H50N8O7S/c1-5-23(4)33(36(48)42-30(22(2)3)20-44-16-8-11-31(44)34(37)46)43-35(47)29(17-25-18-39-28-10-7-6-9-27(25)28)41-32(45)19-40-51-21-24-12-14-26(15-13-24)52(38,49)50/h6-7,9-10,12-15,18-19,22-23,29-31,33,39H,5,8,11,16-17,20-21H2,1-4H3,(H2,37,46)(H,41,45)(H,42,48)(H,43,47)(H2,38,49,50)/b40-19+/t23?,29?,30-,31+,33+/m1/s1. The molecule has 0 bridgehead atoms. The summed E-state index contributed by atoms with van der Waals surface area (Å²) >= 11 is 0. The van der Waals surface area contributed by atoms with Gasteiger partial charge in [-0.15, -0.1) is 0 Å². The number of rotatable bonds is 18. The van der Waals surface area contributed by atoms with Crippen LogP contribution in [0.5, 0.6) is 0 Å². The van der Waals surface area contributed by atoms with Crippen molar-refractivity contribution in [2.75, 3.05) is 13.1 Å². The van der Waals surface area contributed by atoms with Crippen molar-refractivity contribution < 1.29 is 32.4 Å². The molecule has 0 aliphatic carbocycles. The number of likely N-dealkylation sites (tertiary alicyclic amines) is 1. The Bertz CT molecular complexity index is 1840. The van der Waals surface area contributed by atoms with Gasteiger partial charge in [0, 0.05) is 36.1 Å². The number of nitrogens with zero attached hydrogens (tertiary/aromatic N) is 2. The third-order valence-electron chi connectivity index (χ3n) is 9.51. The Kier molecular flexibility index (Phi) is 13.9. The quantitative estimate of drug-likeness (QED) is 0.0828. The van der Waals surface area contributed by atoms with Crippen molar-refractivity contribution in [2.24, 2.45) is 27.9 Å². The van der Waals surface area contributed by atoms with Crippen LogP contribution in [0.3, 0.4) is 0 Å². The topological polar surface area (TPSA) is 231 Å². The highest BCUT2D eigenvalue weighted by Gasteiger charge is 2.35. The summed E-state index contributed by atoms with van der Waals surface area (Å²) in [5, 5.41) is 18.5. The summed E-state index contributed by atoms with van der Waals surface area (Å²) in [5.74, 6) is -2.22. The average molecular weight is 739 g/mol. The van der Waals surface area contributed by atoms with E-state index >= 15 is 0 Å². The van der Waals surface area contributed by atoms with Gasteiger partial charge >= 0.3 is 0 Å². The van der Waals surface area contributed by atoms with Crippen molar-refractivity contribution in [3.63, 3.8) is 0 Å². The van der Waals surface area contributed by atoms with Crippen molar-refractivity contribution in [3.8, 4) is 0 Å². The molecule has 1 fully saturated rings. The molecule has 2 aromatic carbocycles. The van der Waals surface area contributed by atoms with Gasteiger partial charge in [-0.2, -0.15) is 0 Å². The van der Waals surface area contributed by atoms with E-state index in [2.05, 4.69) is 26.1 Å². The number of aromatic nitrogens is 1. The number of H-pyrrole nitrogens is 1. The largest absolute Gasteiger partial charge is 0.391 e. The molecule has 2 heterocycles. The van der Waals surface area contributed by atoms with E-state index in [9.17, 15) is 27.6 Å². The molecule has 4 rings (SSSR count). The monoisotopic (exact) mass is 738 g/mol. The number of benzene rings is 2. The summed E-state index contributed by atoms with van der Waals surface area (Å²) in [5.41, 5.74) is 7.87. The van der Waals surface area contributed by atoms with Gasteiger partial charge in [-0.05, 0) is 60.5 Å². The molecule has 0 radical (unpaired) electrons. The lowest BCUT2D eigenvalue weighted by atomic mass is 9.95. The zero-order valence-electron chi connectivity index (χ0n) is 30.0. The van der Waals surface area contributed by atoms with Crippen LogP contribution in [0, 0.1) is 11.8 Å². The van der Waals surface area contributed by atoms with E-state index in [-0.39, 0.29) is 53.7 Å². The number of para-hydroxylation sites is 1. The smallest absolute Gasteiger partial charge is 0.266 e. The van der Waals surface area contributed by atoms with Gasteiger partial charge in [-0.25, -0.2) is 13.6 Å². The van der Waals surface area contributed by atoms with Gasteiger partial charge in [0.2, 0.25) is 27.7 Å². The Balaban J connectivity index is 1.48. The van der Waals surface area contributed by atoms with E-state index in [1.165, 1.54) is 24.3 Å². The first-order chi connectivity index (χ1) is 24.7. The molecular weight excluding hydrogens is 689 g/mol. The molecule has 3 aromatic rings. The Hall–Kier alpha value is -4.80. The number of hydrogen-bond donors (Lipinski definition) is 6. The molecule has 282 valence electrons. The van der Waals surface area contributed by atoms with Gasteiger partial charge < -0.3 is 31.5 Å². The van der Waals surface area contributed by atoms with Crippen LogP contribution in [-0.2, 0) is 47.1 Å². The van der Waals surface area contributed by atoms with Gasteiger partial charge in [-0.3, -0.25) is 24.1 Å². The zero-order valence-corrected chi connectivity index (χ0v) is 30.8. The lowest BCUT2D eigenvalue weighted by Crippen LogP contribution is -2.59. The van der Waals surface area contributed by atoms with Gasteiger partial charge in [0.25, 0.3) is 5.91 Å². The minimum absolute atomic E-state index is 0.0308. The Morgan fingerprint density at radius 1 is 1.04 bits per heavy atom. The molecule has 52 heavy (non-hydrogen) atoms. The predicted octanol–water partition coefficient (Wildman–Crippen LogP) is 1.67. The molecule has 16 heteroatoms. The molecule has 5 atom stereocenters. The van der Waals surface area contributed by atoms with Gasteiger partial charge in [0.15, 0.2) is 0 Å². The van der Waals surface area contributed by atoms with Gasteiger partial charge in [0.1, 0.15) is 24.9 Å². The Labute approximate surface area is 304 Å². The summed E-state index contributed by atoms with van der Waals surface area (Å²) in [7, 11) is -3.84. The summed E-state index contributed by atoms with van der Waals surface area (Å²) in [6.07, 6.45) is 4.90. The number of nitrogens with one attached hydrogen (secondary N) is 4. The average Bonchev–Trinajstić information content (AvgIpc) is 3.75. The summed E-state index contributed by atoms with van der Waals surface area (Å²) in [4.78, 5) is 63.3. The Morgan fingerprint density at radius 3 is 2.40 bits per heavy atom. The van der Waals surface area contributed by atoms with Gasteiger partial charge in [0.05, 0.1) is 10.9 Å². The fraction of sp³-hybridized carbons (Fsp3) is 0.472. The second kappa shape index (κ2) is 18.1. The third kappa shape index (κ3) is 10.9. The van der Waals surface area contributed by atoms with Crippen molar-refractivity contribution >= 4 is 50.8 Å². The maximum absolute atomic E-state index is 14.0. The van der Waals surface area contributed by atoms with Crippen molar-refractivity contribution in [1.29, 1.82) is 0 Å². The minimum Gasteiger partial charge on any atom is -0.391 e. The molecule has 0 spiro atoms. The van der Waals surface area contributed by atoms with Gasteiger partial charge in [-0.1, -0.05) is 69.6 Å². The highest BCUT2D eigenvalue weighted by Crippen LogP contribution is 2.21. The van der Waals surface area contributed by atoms with E-state index < -0.39 is 33.9 Å². The second-order valence-electron chi connectivity index (χ2n) is 13.6. The maximum Gasteiger partial charge on any atom is 0.266 e. The number of aromatic amines is 1.